The van der Waals surface area contributed by atoms with E-state index in [1.165, 1.54) is 109 Å². The van der Waals surface area contributed by atoms with Crippen LogP contribution >= 0.6 is 0 Å². The molecule has 0 bridgehead atoms. The molecule has 6 rings (SSSR count). The highest BCUT2D eigenvalue weighted by Gasteiger charge is 2.59. The Bertz CT molecular complexity index is 1510. The van der Waals surface area contributed by atoms with Gasteiger partial charge in [0, 0.05) is 25.2 Å². The number of hydrogen-bond acceptors (Lipinski definition) is 2. The highest BCUT2D eigenvalue weighted by atomic mass is 16.5. The van der Waals surface area contributed by atoms with Crippen LogP contribution in [-0.4, -0.2) is 26.4 Å². The van der Waals surface area contributed by atoms with Crippen LogP contribution in [0, 0.1) is 97.5 Å². The lowest BCUT2D eigenvalue weighted by molar-refractivity contribution is -0.113. The summed E-state index contributed by atoms with van der Waals surface area (Å²) in [6.07, 6.45) is 23.7. The van der Waals surface area contributed by atoms with E-state index in [1.54, 1.807) is 0 Å². The molecule has 0 unspecified atom stereocenters. The van der Waals surface area contributed by atoms with Gasteiger partial charge in [-0.3, -0.25) is 0 Å². The second-order valence-corrected chi connectivity index (χ2v) is 39.5. The third kappa shape index (κ3) is 16.4. The second-order valence-electron chi connectivity index (χ2n) is 39.5. The topological polar surface area (TPSA) is 18.5 Å². The summed E-state index contributed by atoms with van der Waals surface area (Å²) >= 11 is 0. The fourth-order valence-corrected chi connectivity index (χ4v) is 19.5. The van der Waals surface area contributed by atoms with E-state index >= 15 is 0 Å². The fourth-order valence-electron chi connectivity index (χ4n) is 19.5. The normalized spacial score (nSPS) is 23.5. The summed E-state index contributed by atoms with van der Waals surface area (Å²) in [7, 11) is 0. The first-order valence-electron chi connectivity index (χ1n) is 32.9. The molecule has 6 fully saturated rings. The molecule has 77 heavy (non-hydrogen) atoms. The summed E-state index contributed by atoms with van der Waals surface area (Å²) < 4.78 is 11.1. The molecule has 4 saturated carbocycles. The number of ether oxygens (including phenoxy) is 2. The summed E-state index contributed by atoms with van der Waals surface area (Å²) in [6.45, 7) is 89.9. The molecule has 0 aromatic rings. The van der Waals surface area contributed by atoms with E-state index in [9.17, 15) is 0 Å². The highest BCUT2D eigenvalue weighted by molar-refractivity contribution is 5.09. The van der Waals surface area contributed by atoms with Crippen molar-refractivity contribution in [1.29, 1.82) is 0 Å². The first-order chi connectivity index (χ1) is 33.7. The smallest absolute Gasteiger partial charge is 0.0533 e. The monoisotopic (exact) mass is 1080 g/mol. The highest BCUT2D eigenvalue weighted by Crippen LogP contribution is 2.68. The van der Waals surface area contributed by atoms with Crippen LogP contribution in [0.4, 0.5) is 0 Å². The number of rotatable bonds is 0. The van der Waals surface area contributed by atoms with Crippen molar-refractivity contribution in [1.82, 2.24) is 0 Å². The molecule has 2 heteroatoms. The van der Waals surface area contributed by atoms with Gasteiger partial charge in [-0.2, -0.15) is 0 Å². The molecule has 0 radical (unpaired) electrons. The molecule has 0 aromatic carbocycles. The molecule has 2 aliphatic heterocycles. The van der Waals surface area contributed by atoms with Crippen LogP contribution in [0.2, 0.25) is 0 Å². The summed E-state index contributed by atoms with van der Waals surface area (Å²) in [5, 5.41) is 0. The minimum atomic E-state index is 0.335. The van der Waals surface area contributed by atoms with Crippen LogP contribution in [0.3, 0.4) is 0 Å². The lowest BCUT2D eigenvalue weighted by Crippen LogP contribution is -2.51. The molecule has 4 aliphatic carbocycles. The average molecular weight is 1080 g/mol. The molecule has 6 aliphatic rings. The third-order valence-electron chi connectivity index (χ3n) is 24.7. The lowest BCUT2D eigenvalue weighted by atomic mass is 9.45. The summed E-state index contributed by atoms with van der Waals surface area (Å²) in [5.41, 5.74) is 8.29. The molecule has 2 saturated heterocycles. The van der Waals surface area contributed by atoms with Gasteiger partial charge in [-0.25, -0.2) is 0 Å². The van der Waals surface area contributed by atoms with Gasteiger partial charge in [0.15, 0.2) is 0 Å². The Morgan fingerprint density at radius 3 is 0.455 bits per heavy atom. The van der Waals surface area contributed by atoms with Crippen LogP contribution in [0.5, 0.6) is 0 Å². The van der Waals surface area contributed by atoms with E-state index in [1.807, 2.05) is 0 Å². The summed E-state index contributed by atoms with van der Waals surface area (Å²) in [4.78, 5) is 0. The Balaban J connectivity index is 0.000000463. The zero-order valence-electron chi connectivity index (χ0n) is 60.7. The van der Waals surface area contributed by atoms with Crippen molar-refractivity contribution in [2.24, 2.45) is 97.5 Å². The average Bonchev–Trinajstić information content (AvgIpc) is 3.58. The van der Waals surface area contributed by atoms with Crippen molar-refractivity contribution < 1.29 is 9.47 Å². The van der Waals surface area contributed by atoms with Gasteiger partial charge >= 0.3 is 0 Å². The van der Waals surface area contributed by atoms with Crippen molar-refractivity contribution in [2.45, 2.75) is 358 Å². The summed E-state index contributed by atoms with van der Waals surface area (Å²) in [6, 6.07) is 0. The maximum atomic E-state index is 5.61. The van der Waals surface area contributed by atoms with Crippen LogP contribution in [0.15, 0.2) is 0 Å². The van der Waals surface area contributed by atoms with Gasteiger partial charge in [0.1, 0.15) is 0 Å². The van der Waals surface area contributed by atoms with Crippen LogP contribution in [0.25, 0.3) is 0 Å². The Morgan fingerprint density at radius 2 is 0.338 bits per heavy atom. The SMILES string of the molecule is CC(C)(C)C1(C(C)(C)C)CC1.CC(C)(C)C1(C(C)(C)C)CCC1.CC(C)(C)C1(C(C)(C)C)CCCC1.CC(C)(C)C1(C(C)(C)C)CCCCC1.CC(C)(C)C1(C(C)(C)C)CCOC1.CC(C)(C)C1(C(C)(C)C)CCOCC1. The molecular weight excluding hydrogens is 933 g/mol. The molecule has 2 nitrogen and oxygen atoms in total. The largest absolute Gasteiger partial charge is 0.381 e. The lowest BCUT2D eigenvalue weighted by Gasteiger charge is -2.60. The Kier molecular flexibility index (Phi) is 24.2. The molecule has 462 valence electrons. The van der Waals surface area contributed by atoms with Crippen molar-refractivity contribution in [3.63, 3.8) is 0 Å². The molecule has 2 heterocycles. The molecular formula is C75H150O2. The third-order valence-corrected chi connectivity index (χ3v) is 24.7. The van der Waals surface area contributed by atoms with Gasteiger partial charge < -0.3 is 9.47 Å². The van der Waals surface area contributed by atoms with E-state index in [0.717, 1.165) is 26.4 Å². The predicted molar refractivity (Wildman–Crippen MR) is 348 cm³/mol. The first-order valence-corrected chi connectivity index (χ1v) is 32.9. The summed E-state index contributed by atoms with van der Waals surface area (Å²) in [5.74, 6) is 0. The van der Waals surface area contributed by atoms with Crippen LogP contribution in [0.1, 0.15) is 358 Å². The van der Waals surface area contributed by atoms with Gasteiger partial charge in [-0.05, 0) is 163 Å². The minimum Gasteiger partial charge on any atom is -0.381 e. The predicted octanol–water partition coefficient (Wildman–Crippen LogP) is 25.1. The molecule has 0 amide bonds. The molecule has 0 atom stereocenters. The zero-order valence-corrected chi connectivity index (χ0v) is 60.7. The van der Waals surface area contributed by atoms with Crippen molar-refractivity contribution in [3.8, 4) is 0 Å². The van der Waals surface area contributed by atoms with E-state index in [2.05, 4.69) is 249 Å². The Morgan fingerprint density at radius 1 is 0.169 bits per heavy atom. The minimum absolute atomic E-state index is 0.335. The van der Waals surface area contributed by atoms with Crippen molar-refractivity contribution in [3.05, 3.63) is 0 Å². The Hall–Kier alpha value is -0.0800. The molecule has 0 aromatic heterocycles. The second kappa shape index (κ2) is 24.9. The first kappa shape index (κ1) is 74.9. The van der Waals surface area contributed by atoms with E-state index < -0.39 is 0 Å². The van der Waals surface area contributed by atoms with E-state index in [0.29, 0.717) is 97.5 Å². The van der Waals surface area contributed by atoms with Crippen molar-refractivity contribution >= 4 is 0 Å². The zero-order chi connectivity index (χ0) is 61.3. The molecule has 0 N–H and O–H groups in total. The van der Waals surface area contributed by atoms with E-state index in [-0.39, 0.29) is 0 Å². The van der Waals surface area contributed by atoms with Crippen LogP contribution < -0.4 is 0 Å². The van der Waals surface area contributed by atoms with Gasteiger partial charge in [-0.15, -0.1) is 0 Å². The van der Waals surface area contributed by atoms with Gasteiger partial charge in [0.2, 0.25) is 0 Å². The van der Waals surface area contributed by atoms with Gasteiger partial charge in [0.05, 0.1) is 6.61 Å². The van der Waals surface area contributed by atoms with E-state index in [4.69, 9.17) is 9.47 Å². The Labute approximate surface area is 489 Å². The maximum Gasteiger partial charge on any atom is 0.0533 e. The number of hydrogen-bond donors (Lipinski definition) is 0. The molecule has 0 spiro atoms. The maximum absolute atomic E-state index is 5.61. The fraction of sp³-hybridized carbons (Fsp3) is 1.00. The van der Waals surface area contributed by atoms with Gasteiger partial charge in [-0.1, -0.05) is 288 Å². The standard InChI is InChI=1S/C14H28.C13H26O.C13H26.C12H24O.C12H24.C11H22/c1-12(2,3)14(13(4,5)6)10-8-7-9-11-14;1-11(2,3)13(12(4,5)6)7-9-14-10-8-13;1-11(2,3)13(12(4,5)6)9-7-8-10-13;1-10(2,3)12(11(4,5)6)7-8-13-9-12;1-10(2,3)12(8-7-9-12)11(4,5)6;1-9(2,3)11(7-8-11)10(4,5)6/h7-11H2,1-6H3;7-10H2,1-6H3;7-10H2,1-6H3;7-9H2,1-6H3;7-9H2,1-6H3;7-8H2,1-6H3. The quantitative estimate of drug-likeness (QED) is 0.241. The van der Waals surface area contributed by atoms with Crippen molar-refractivity contribution in [2.75, 3.05) is 26.4 Å². The van der Waals surface area contributed by atoms with Gasteiger partial charge in [0.25, 0.3) is 0 Å². The van der Waals surface area contributed by atoms with Crippen LogP contribution in [-0.2, 0) is 9.47 Å².